The van der Waals surface area contributed by atoms with Gasteiger partial charge in [0.15, 0.2) is 11.5 Å². The molecule has 0 aliphatic rings. The molecule has 0 unspecified atom stereocenters. The van der Waals surface area contributed by atoms with E-state index < -0.39 is 0 Å². The van der Waals surface area contributed by atoms with E-state index in [1.165, 1.54) is 0 Å². The summed E-state index contributed by atoms with van der Waals surface area (Å²) >= 11 is 0. The fraction of sp³-hybridized carbons (Fsp3) is 0.455. The highest BCUT2D eigenvalue weighted by Crippen LogP contribution is 2.29. The minimum atomic E-state index is -0.157. The minimum Gasteiger partial charge on any atom is -0.493 e. The van der Waals surface area contributed by atoms with Crippen molar-refractivity contribution in [3.05, 3.63) is 23.8 Å². The molecule has 0 bridgehead atoms. The number of ether oxygens (including phenoxy) is 2. The fourth-order valence-corrected chi connectivity index (χ4v) is 1.33. The van der Waals surface area contributed by atoms with Crippen molar-refractivity contribution in [2.75, 3.05) is 20.3 Å². The van der Waals surface area contributed by atoms with Gasteiger partial charge in [0.1, 0.15) is 0 Å². The van der Waals surface area contributed by atoms with E-state index in [-0.39, 0.29) is 6.04 Å². The Hall–Kier alpha value is -1.26. The second kappa shape index (κ2) is 5.58. The Labute approximate surface area is 90.2 Å². The van der Waals surface area contributed by atoms with E-state index in [9.17, 15) is 0 Å². The highest BCUT2D eigenvalue weighted by molar-refractivity contribution is 5.43. The van der Waals surface area contributed by atoms with E-state index in [4.69, 9.17) is 20.9 Å². The van der Waals surface area contributed by atoms with Gasteiger partial charge in [0.25, 0.3) is 0 Å². The Morgan fingerprint density at radius 2 is 2.07 bits per heavy atom. The first-order valence-corrected chi connectivity index (χ1v) is 4.99. The molecule has 0 aliphatic carbocycles. The summed E-state index contributed by atoms with van der Waals surface area (Å²) in [6.07, 6.45) is 0. The highest BCUT2D eigenvalue weighted by atomic mass is 16.5. The molecule has 1 aromatic rings. The van der Waals surface area contributed by atoms with Crippen LogP contribution in [0.25, 0.3) is 0 Å². The van der Waals surface area contributed by atoms with Crippen molar-refractivity contribution in [1.82, 2.24) is 0 Å². The molecule has 0 aromatic heterocycles. The van der Waals surface area contributed by atoms with Crippen molar-refractivity contribution in [3.63, 3.8) is 0 Å². The second-order valence-electron chi connectivity index (χ2n) is 3.19. The molecule has 0 saturated carbocycles. The molecule has 1 aromatic carbocycles. The lowest BCUT2D eigenvalue weighted by Crippen LogP contribution is -2.20. The lowest BCUT2D eigenvalue weighted by atomic mass is 10.1. The molecule has 4 N–H and O–H groups in total. The first-order chi connectivity index (χ1) is 7.22. The standard InChI is InChI=1S/C11H18N2O2/c1-3-15-11-6-8(9(13)7-12)4-5-10(11)14-2/h4-6,9H,3,7,12-13H2,1-2H3/t9-/m0/s1. The highest BCUT2D eigenvalue weighted by Gasteiger charge is 2.09. The summed E-state index contributed by atoms with van der Waals surface area (Å²) in [6, 6.07) is 5.46. The molecule has 1 rings (SSSR count). The third-order valence-electron chi connectivity index (χ3n) is 2.17. The van der Waals surface area contributed by atoms with Gasteiger partial charge in [-0.1, -0.05) is 6.07 Å². The quantitative estimate of drug-likeness (QED) is 0.762. The normalized spacial score (nSPS) is 12.3. The van der Waals surface area contributed by atoms with Gasteiger partial charge < -0.3 is 20.9 Å². The van der Waals surface area contributed by atoms with Crippen LogP contribution in [0.15, 0.2) is 18.2 Å². The maximum absolute atomic E-state index is 5.83. The van der Waals surface area contributed by atoms with Gasteiger partial charge in [-0.3, -0.25) is 0 Å². The van der Waals surface area contributed by atoms with Crippen molar-refractivity contribution < 1.29 is 9.47 Å². The maximum atomic E-state index is 5.83. The Balaban J connectivity index is 2.98. The van der Waals surface area contributed by atoms with Crippen molar-refractivity contribution in [1.29, 1.82) is 0 Å². The molecule has 0 radical (unpaired) electrons. The monoisotopic (exact) mass is 210 g/mol. The molecule has 0 fully saturated rings. The summed E-state index contributed by atoms with van der Waals surface area (Å²) in [5.41, 5.74) is 12.3. The van der Waals surface area contributed by atoms with Gasteiger partial charge in [0.2, 0.25) is 0 Å². The third-order valence-corrected chi connectivity index (χ3v) is 2.17. The Morgan fingerprint density at radius 3 is 2.60 bits per heavy atom. The molecule has 0 spiro atoms. The Bertz CT molecular complexity index is 315. The Morgan fingerprint density at radius 1 is 1.33 bits per heavy atom. The van der Waals surface area contributed by atoms with Crippen molar-refractivity contribution >= 4 is 0 Å². The summed E-state index contributed by atoms with van der Waals surface area (Å²) in [5, 5.41) is 0. The fourth-order valence-electron chi connectivity index (χ4n) is 1.33. The predicted molar refractivity (Wildman–Crippen MR) is 60.1 cm³/mol. The van der Waals surface area contributed by atoms with Crippen LogP contribution >= 0.6 is 0 Å². The first-order valence-electron chi connectivity index (χ1n) is 4.99. The number of hydrogen-bond acceptors (Lipinski definition) is 4. The lowest BCUT2D eigenvalue weighted by molar-refractivity contribution is 0.310. The summed E-state index contributed by atoms with van der Waals surface area (Å²) in [4.78, 5) is 0. The zero-order valence-electron chi connectivity index (χ0n) is 9.19. The van der Waals surface area contributed by atoms with Crippen molar-refractivity contribution in [2.45, 2.75) is 13.0 Å². The van der Waals surface area contributed by atoms with Crippen LogP contribution in [0.2, 0.25) is 0 Å². The average molecular weight is 210 g/mol. The van der Waals surface area contributed by atoms with Gasteiger partial charge in [-0.15, -0.1) is 0 Å². The smallest absolute Gasteiger partial charge is 0.161 e. The molecule has 15 heavy (non-hydrogen) atoms. The molecule has 4 nitrogen and oxygen atoms in total. The van der Waals surface area contributed by atoms with Crippen LogP contribution in [0.4, 0.5) is 0 Å². The maximum Gasteiger partial charge on any atom is 0.161 e. The predicted octanol–water partition coefficient (Wildman–Crippen LogP) is 1.05. The molecule has 84 valence electrons. The molecule has 0 saturated heterocycles. The molecule has 0 heterocycles. The summed E-state index contributed by atoms with van der Waals surface area (Å²) < 4.78 is 10.6. The van der Waals surface area contributed by atoms with Crippen LogP contribution in [0.5, 0.6) is 11.5 Å². The van der Waals surface area contributed by atoms with Gasteiger partial charge in [-0.25, -0.2) is 0 Å². The summed E-state index contributed by atoms with van der Waals surface area (Å²) in [7, 11) is 1.61. The first kappa shape index (κ1) is 11.8. The van der Waals surface area contributed by atoms with Gasteiger partial charge in [-0.2, -0.15) is 0 Å². The van der Waals surface area contributed by atoms with E-state index >= 15 is 0 Å². The summed E-state index contributed by atoms with van der Waals surface area (Å²) in [5.74, 6) is 1.42. The van der Waals surface area contributed by atoms with Crippen LogP contribution in [-0.4, -0.2) is 20.3 Å². The molecule has 0 aliphatic heterocycles. The Kier molecular flexibility index (Phi) is 4.39. The van der Waals surface area contributed by atoms with Crippen molar-refractivity contribution in [2.24, 2.45) is 11.5 Å². The van der Waals surface area contributed by atoms with Crippen LogP contribution in [-0.2, 0) is 0 Å². The average Bonchev–Trinajstić information content (AvgIpc) is 2.28. The number of rotatable bonds is 5. The van der Waals surface area contributed by atoms with Gasteiger partial charge in [0.05, 0.1) is 13.7 Å². The van der Waals surface area contributed by atoms with Crippen LogP contribution in [0.3, 0.4) is 0 Å². The van der Waals surface area contributed by atoms with E-state index in [0.717, 1.165) is 5.56 Å². The van der Waals surface area contributed by atoms with E-state index in [2.05, 4.69) is 0 Å². The summed E-state index contributed by atoms with van der Waals surface area (Å²) in [6.45, 7) is 2.94. The number of methoxy groups -OCH3 is 1. The molecule has 4 heteroatoms. The van der Waals surface area contributed by atoms with E-state index in [1.807, 2.05) is 25.1 Å². The zero-order valence-corrected chi connectivity index (χ0v) is 9.19. The van der Waals surface area contributed by atoms with Gasteiger partial charge >= 0.3 is 0 Å². The number of benzene rings is 1. The van der Waals surface area contributed by atoms with Crippen LogP contribution in [0, 0.1) is 0 Å². The van der Waals surface area contributed by atoms with Crippen molar-refractivity contribution in [3.8, 4) is 11.5 Å². The van der Waals surface area contributed by atoms with Gasteiger partial charge in [-0.05, 0) is 24.6 Å². The number of nitrogens with two attached hydrogens (primary N) is 2. The molecule has 1 atom stereocenters. The second-order valence-corrected chi connectivity index (χ2v) is 3.19. The largest absolute Gasteiger partial charge is 0.493 e. The van der Waals surface area contributed by atoms with Crippen LogP contribution in [0.1, 0.15) is 18.5 Å². The SMILES string of the molecule is CCOc1cc([C@@H](N)CN)ccc1OC. The molecule has 0 amide bonds. The van der Waals surface area contributed by atoms with E-state index in [0.29, 0.717) is 24.7 Å². The topological polar surface area (TPSA) is 70.5 Å². The molecular formula is C11H18N2O2. The number of hydrogen-bond donors (Lipinski definition) is 2. The zero-order chi connectivity index (χ0) is 11.3. The van der Waals surface area contributed by atoms with E-state index in [1.54, 1.807) is 7.11 Å². The van der Waals surface area contributed by atoms with Crippen LogP contribution < -0.4 is 20.9 Å². The van der Waals surface area contributed by atoms with Gasteiger partial charge in [0, 0.05) is 12.6 Å². The lowest BCUT2D eigenvalue weighted by Gasteiger charge is -2.14. The third kappa shape index (κ3) is 2.84. The molecular weight excluding hydrogens is 192 g/mol. The minimum absolute atomic E-state index is 0.157.